The second-order valence-electron chi connectivity index (χ2n) is 11.4. The van der Waals surface area contributed by atoms with E-state index >= 15 is 0 Å². The largest absolute Gasteiger partial charge is 0.387 e. The van der Waals surface area contributed by atoms with E-state index in [9.17, 15) is 19.8 Å². The predicted molar refractivity (Wildman–Crippen MR) is 153 cm³/mol. The van der Waals surface area contributed by atoms with Crippen molar-refractivity contribution in [1.82, 2.24) is 4.98 Å². The Labute approximate surface area is 233 Å². The lowest BCUT2D eigenvalue weighted by molar-refractivity contribution is -0.198. The normalized spacial score (nSPS) is 27.4. The summed E-state index contributed by atoms with van der Waals surface area (Å²) < 4.78 is 0. The lowest BCUT2D eigenvalue weighted by Gasteiger charge is -2.59. The lowest BCUT2D eigenvalue weighted by atomic mass is 9.47. The first kappa shape index (κ1) is 26.1. The summed E-state index contributed by atoms with van der Waals surface area (Å²) in [5.74, 6) is -0.662. The quantitative estimate of drug-likeness (QED) is 0.319. The van der Waals surface area contributed by atoms with Crippen LogP contribution in [-0.2, 0) is 11.0 Å². The van der Waals surface area contributed by atoms with Gasteiger partial charge in [0.05, 0.1) is 17.0 Å². The molecule has 0 saturated heterocycles. The van der Waals surface area contributed by atoms with E-state index < -0.39 is 16.6 Å². The van der Waals surface area contributed by atoms with E-state index in [0.29, 0.717) is 28.1 Å². The Hall–Kier alpha value is -4.13. The number of hydrogen-bond donors (Lipinski definition) is 3. The van der Waals surface area contributed by atoms with E-state index in [-0.39, 0.29) is 36.9 Å². The highest BCUT2D eigenvalue weighted by molar-refractivity contribution is 6.07. The minimum absolute atomic E-state index is 0.0734. The van der Waals surface area contributed by atoms with E-state index in [0.717, 1.165) is 11.1 Å². The van der Waals surface area contributed by atoms with Gasteiger partial charge in [0.2, 0.25) is 0 Å². The molecule has 0 radical (unpaired) electrons. The molecule has 40 heavy (non-hydrogen) atoms. The first-order chi connectivity index (χ1) is 19.2. The number of rotatable bonds is 4. The van der Waals surface area contributed by atoms with Crippen molar-refractivity contribution in [2.24, 2.45) is 5.92 Å². The number of nitrogens with one attached hydrogen (secondary N) is 1. The zero-order valence-corrected chi connectivity index (χ0v) is 22.6. The molecule has 6 rings (SSSR count). The molecule has 1 fully saturated rings. The van der Waals surface area contributed by atoms with Gasteiger partial charge in [-0.15, -0.1) is 0 Å². The van der Waals surface area contributed by atoms with Crippen molar-refractivity contribution in [3.63, 3.8) is 0 Å². The molecule has 1 amide bonds. The van der Waals surface area contributed by atoms with Crippen molar-refractivity contribution in [2.45, 2.75) is 49.7 Å². The van der Waals surface area contributed by atoms with Gasteiger partial charge in [0.25, 0.3) is 5.91 Å². The van der Waals surface area contributed by atoms with E-state index in [2.05, 4.69) is 10.3 Å². The molecule has 0 aliphatic heterocycles. The topological polar surface area (TPSA) is 99.5 Å². The number of ketones is 1. The molecule has 202 valence electrons. The van der Waals surface area contributed by atoms with Gasteiger partial charge in [-0.3, -0.25) is 14.6 Å². The molecule has 3 aromatic carbocycles. The van der Waals surface area contributed by atoms with E-state index in [1.807, 2.05) is 73.7 Å². The molecule has 1 unspecified atom stereocenters. The van der Waals surface area contributed by atoms with Crippen LogP contribution in [0.1, 0.15) is 69.3 Å². The summed E-state index contributed by atoms with van der Waals surface area (Å²) in [4.78, 5) is 31.2. The van der Waals surface area contributed by atoms with Crippen molar-refractivity contribution < 1.29 is 19.8 Å². The molecule has 6 heteroatoms. The van der Waals surface area contributed by atoms with Crippen LogP contribution in [0.5, 0.6) is 0 Å². The molecular formula is C34H32N2O4. The fourth-order valence-corrected chi connectivity index (χ4v) is 6.97. The molecule has 1 aromatic heterocycles. The van der Waals surface area contributed by atoms with Crippen molar-refractivity contribution in [1.29, 1.82) is 0 Å². The zero-order chi connectivity index (χ0) is 28.1. The lowest BCUT2D eigenvalue weighted by Crippen LogP contribution is -2.63. The van der Waals surface area contributed by atoms with E-state index in [1.54, 1.807) is 37.4 Å². The summed E-state index contributed by atoms with van der Waals surface area (Å²) in [5, 5.41) is 27.0. The van der Waals surface area contributed by atoms with Crippen molar-refractivity contribution in [3.05, 3.63) is 131 Å². The Morgan fingerprint density at radius 1 is 0.925 bits per heavy atom. The third-order valence-electron chi connectivity index (χ3n) is 9.04. The molecule has 0 bridgehead atoms. The van der Waals surface area contributed by atoms with Crippen LogP contribution in [0.4, 0.5) is 5.69 Å². The van der Waals surface area contributed by atoms with Gasteiger partial charge in [0.15, 0.2) is 5.78 Å². The number of aryl methyl sites for hydroxylation is 1. The number of nitrogens with zero attached hydrogens (tertiary/aromatic N) is 1. The third-order valence-corrected chi connectivity index (χ3v) is 9.04. The van der Waals surface area contributed by atoms with Crippen LogP contribution in [0, 0.1) is 12.8 Å². The second kappa shape index (κ2) is 9.51. The summed E-state index contributed by atoms with van der Waals surface area (Å²) in [7, 11) is 0. The third kappa shape index (κ3) is 3.98. The number of carbonyl (C=O) groups is 2. The summed E-state index contributed by atoms with van der Waals surface area (Å²) >= 11 is 0. The number of fused-ring (bicyclic) bond motifs is 3. The van der Waals surface area contributed by atoms with Crippen LogP contribution in [0.3, 0.4) is 0 Å². The fourth-order valence-electron chi connectivity index (χ4n) is 6.97. The Bertz CT molecular complexity index is 1600. The summed E-state index contributed by atoms with van der Waals surface area (Å²) in [5.41, 5.74) is 0.797. The summed E-state index contributed by atoms with van der Waals surface area (Å²) in [6.07, 6.45) is 2.28. The van der Waals surface area contributed by atoms with Gasteiger partial charge in [0, 0.05) is 29.2 Å². The Balaban J connectivity index is 1.47. The number of aromatic nitrogens is 1. The average molecular weight is 533 g/mol. The van der Waals surface area contributed by atoms with Crippen molar-refractivity contribution >= 4 is 17.4 Å². The zero-order valence-electron chi connectivity index (χ0n) is 22.6. The fraction of sp³-hybridized carbons (Fsp3) is 0.265. The van der Waals surface area contributed by atoms with Gasteiger partial charge in [-0.25, -0.2) is 0 Å². The second-order valence-corrected chi connectivity index (χ2v) is 11.4. The first-order valence-corrected chi connectivity index (χ1v) is 13.6. The SMILES string of the molecule is Cc1ncccc1NC(=O)c1ccc2c(c1)C(=O)C[C@@H]1C[C@@](O)(c3ccccc3)[C@](C)(O)CC21c1ccccc1. The van der Waals surface area contributed by atoms with Gasteiger partial charge in [-0.2, -0.15) is 0 Å². The number of pyridine rings is 1. The number of carbonyl (C=O) groups excluding carboxylic acids is 2. The molecule has 2 aliphatic carbocycles. The number of hydrogen-bond acceptors (Lipinski definition) is 5. The molecule has 6 nitrogen and oxygen atoms in total. The highest BCUT2D eigenvalue weighted by Crippen LogP contribution is 2.61. The van der Waals surface area contributed by atoms with Crippen LogP contribution < -0.4 is 5.32 Å². The molecular weight excluding hydrogens is 500 g/mol. The molecule has 2 aliphatic rings. The minimum atomic E-state index is -1.53. The Kier molecular flexibility index (Phi) is 6.21. The van der Waals surface area contributed by atoms with Crippen LogP contribution in [0.15, 0.2) is 97.2 Å². The highest BCUT2D eigenvalue weighted by Gasteiger charge is 2.63. The summed E-state index contributed by atoms with van der Waals surface area (Å²) in [6.45, 7) is 3.51. The highest BCUT2D eigenvalue weighted by atomic mass is 16.4. The molecule has 0 spiro atoms. The number of aliphatic hydroxyl groups is 2. The molecule has 1 saturated carbocycles. The monoisotopic (exact) mass is 532 g/mol. The standard InChI is InChI=1S/C34H32N2O4/c1-22-29(14-9-17-35-22)36-31(38)23-15-16-28-27(18-23)30(37)19-26-20-34(40,25-12-7-4-8-13-25)32(2,39)21-33(26,28)24-10-5-3-6-11-24/h3-18,26,39-40H,19-21H2,1-2H3,(H,36,38)/t26-,32-,33?,34-/m1/s1. The van der Waals surface area contributed by atoms with Crippen LogP contribution in [0.2, 0.25) is 0 Å². The smallest absolute Gasteiger partial charge is 0.255 e. The maximum Gasteiger partial charge on any atom is 0.255 e. The van der Waals surface area contributed by atoms with Crippen LogP contribution >= 0.6 is 0 Å². The van der Waals surface area contributed by atoms with E-state index in [1.165, 1.54) is 0 Å². The Morgan fingerprint density at radius 3 is 2.27 bits per heavy atom. The molecule has 3 N–H and O–H groups in total. The predicted octanol–water partition coefficient (Wildman–Crippen LogP) is 5.56. The molecule has 4 atom stereocenters. The van der Waals surface area contributed by atoms with Crippen LogP contribution in [0.25, 0.3) is 0 Å². The van der Waals surface area contributed by atoms with Gasteiger partial charge in [-0.05, 0) is 73.6 Å². The Morgan fingerprint density at radius 2 is 1.60 bits per heavy atom. The maximum absolute atomic E-state index is 13.7. The summed E-state index contributed by atoms with van der Waals surface area (Å²) in [6, 6.07) is 28.0. The first-order valence-electron chi connectivity index (χ1n) is 13.6. The maximum atomic E-state index is 13.7. The van der Waals surface area contributed by atoms with Crippen molar-refractivity contribution in [3.8, 4) is 0 Å². The van der Waals surface area contributed by atoms with Gasteiger partial charge < -0.3 is 15.5 Å². The van der Waals surface area contributed by atoms with E-state index in [4.69, 9.17) is 0 Å². The number of amides is 1. The number of anilines is 1. The van der Waals surface area contributed by atoms with Crippen molar-refractivity contribution in [2.75, 3.05) is 5.32 Å². The number of Topliss-reactive ketones (excluding diaryl/α,β-unsaturated/α-hetero) is 1. The van der Waals surface area contributed by atoms with Crippen LogP contribution in [-0.4, -0.2) is 32.5 Å². The molecule has 1 heterocycles. The molecule has 4 aromatic rings. The van der Waals surface area contributed by atoms with Gasteiger partial charge in [-0.1, -0.05) is 66.7 Å². The minimum Gasteiger partial charge on any atom is -0.387 e. The number of benzene rings is 3. The average Bonchev–Trinajstić information content (AvgIpc) is 2.96. The van der Waals surface area contributed by atoms with Gasteiger partial charge in [0.1, 0.15) is 5.60 Å². The van der Waals surface area contributed by atoms with Gasteiger partial charge >= 0.3 is 0 Å².